The van der Waals surface area contributed by atoms with E-state index in [9.17, 15) is 0 Å². The van der Waals surface area contributed by atoms with Gasteiger partial charge in [-0.2, -0.15) is 0 Å². The summed E-state index contributed by atoms with van der Waals surface area (Å²) in [4.78, 5) is 4.80. The second kappa shape index (κ2) is 5.96. The average Bonchev–Trinajstić information content (AvgIpc) is 2.18. The Morgan fingerprint density at radius 3 is 2.56 bits per heavy atom. The van der Waals surface area contributed by atoms with Gasteiger partial charge in [-0.05, 0) is 27.8 Å². The van der Waals surface area contributed by atoms with Crippen LogP contribution in [-0.4, -0.2) is 67.8 Å². The lowest BCUT2D eigenvalue weighted by Gasteiger charge is -2.39. The molecule has 1 atom stereocenters. The summed E-state index contributed by atoms with van der Waals surface area (Å²) in [5.74, 6) is 0. The lowest BCUT2D eigenvalue weighted by Crippen LogP contribution is -2.55. The van der Waals surface area contributed by atoms with Crippen LogP contribution in [0.1, 0.15) is 20.8 Å². The van der Waals surface area contributed by atoms with Crippen LogP contribution in [0.3, 0.4) is 0 Å². The van der Waals surface area contributed by atoms with E-state index in [1.807, 2.05) is 0 Å². The zero-order chi connectivity index (χ0) is 12.2. The van der Waals surface area contributed by atoms with Crippen molar-refractivity contribution < 1.29 is 4.74 Å². The number of nitrogens with zero attached hydrogens (tertiary/aromatic N) is 2. The van der Waals surface area contributed by atoms with Gasteiger partial charge in [0.2, 0.25) is 0 Å². The summed E-state index contributed by atoms with van der Waals surface area (Å²) in [7, 11) is 2.16. The van der Waals surface area contributed by atoms with Crippen LogP contribution in [0, 0.1) is 0 Å². The lowest BCUT2D eigenvalue weighted by molar-refractivity contribution is -0.0246. The third-order valence-electron chi connectivity index (χ3n) is 2.99. The fourth-order valence-corrected chi connectivity index (χ4v) is 2.04. The molecule has 1 rings (SSSR count). The maximum atomic E-state index is 5.80. The fraction of sp³-hybridized carbons (Fsp3) is 1.00. The van der Waals surface area contributed by atoms with Gasteiger partial charge >= 0.3 is 0 Å². The largest absolute Gasteiger partial charge is 0.375 e. The Kier molecular flexibility index (Phi) is 5.18. The number of hydrogen-bond acceptors (Lipinski definition) is 4. The first-order chi connectivity index (χ1) is 7.42. The molecule has 0 saturated carbocycles. The zero-order valence-electron chi connectivity index (χ0n) is 11.2. The summed E-state index contributed by atoms with van der Waals surface area (Å²) in [6.45, 7) is 12.1. The van der Waals surface area contributed by atoms with Crippen LogP contribution >= 0.6 is 0 Å². The van der Waals surface area contributed by atoms with E-state index in [4.69, 9.17) is 10.5 Å². The number of piperazine rings is 1. The molecule has 16 heavy (non-hydrogen) atoms. The van der Waals surface area contributed by atoms with Crippen molar-refractivity contribution in [1.29, 1.82) is 0 Å². The van der Waals surface area contributed by atoms with E-state index in [0.29, 0.717) is 6.04 Å². The van der Waals surface area contributed by atoms with Crippen LogP contribution in [0.2, 0.25) is 0 Å². The van der Waals surface area contributed by atoms with Gasteiger partial charge in [0.15, 0.2) is 0 Å². The van der Waals surface area contributed by atoms with Crippen molar-refractivity contribution in [3.63, 3.8) is 0 Å². The number of likely N-dealkylation sites (N-methyl/N-ethyl adjacent to an activating group) is 1. The Balaban J connectivity index is 2.29. The van der Waals surface area contributed by atoms with Crippen LogP contribution in [0.25, 0.3) is 0 Å². The molecule has 0 bridgehead atoms. The minimum atomic E-state index is -0.0369. The number of rotatable bonds is 4. The maximum absolute atomic E-state index is 5.80. The minimum absolute atomic E-state index is 0.0369. The minimum Gasteiger partial charge on any atom is -0.375 e. The predicted molar refractivity (Wildman–Crippen MR) is 67.6 cm³/mol. The van der Waals surface area contributed by atoms with Gasteiger partial charge in [-0.15, -0.1) is 0 Å². The molecule has 0 amide bonds. The SMILES string of the molecule is CN1CCN(CCOC(C)(C)C)C(CN)C1. The molecule has 0 aromatic carbocycles. The molecule has 0 spiro atoms. The molecule has 0 radical (unpaired) electrons. The van der Waals surface area contributed by atoms with E-state index in [-0.39, 0.29) is 5.60 Å². The van der Waals surface area contributed by atoms with E-state index in [0.717, 1.165) is 39.3 Å². The van der Waals surface area contributed by atoms with Gasteiger partial charge in [0.1, 0.15) is 0 Å². The van der Waals surface area contributed by atoms with Crippen LogP contribution in [-0.2, 0) is 4.74 Å². The van der Waals surface area contributed by atoms with Crippen LogP contribution in [0.5, 0.6) is 0 Å². The molecule has 1 aliphatic heterocycles. The zero-order valence-corrected chi connectivity index (χ0v) is 11.2. The number of hydrogen-bond donors (Lipinski definition) is 1. The Labute approximate surface area is 99.7 Å². The molecule has 1 fully saturated rings. The van der Waals surface area contributed by atoms with Crippen molar-refractivity contribution in [1.82, 2.24) is 9.80 Å². The third-order valence-corrected chi connectivity index (χ3v) is 2.99. The van der Waals surface area contributed by atoms with Crippen LogP contribution < -0.4 is 5.73 Å². The van der Waals surface area contributed by atoms with Gasteiger partial charge in [0.25, 0.3) is 0 Å². The van der Waals surface area contributed by atoms with Gasteiger partial charge < -0.3 is 15.4 Å². The highest BCUT2D eigenvalue weighted by Gasteiger charge is 2.23. The smallest absolute Gasteiger partial charge is 0.0600 e. The van der Waals surface area contributed by atoms with E-state index in [1.165, 1.54) is 0 Å². The van der Waals surface area contributed by atoms with Crippen molar-refractivity contribution in [3.8, 4) is 0 Å². The molecule has 2 N–H and O–H groups in total. The maximum Gasteiger partial charge on any atom is 0.0600 e. The molecular weight excluding hydrogens is 202 g/mol. The topological polar surface area (TPSA) is 41.7 Å². The molecule has 1 heterocycles. The third kappa shape index (κ3) is 4.78. The summed E-state index contributed by atoms with van der Waals surface area (Å²) in [6.07, 6.45) is 0. The Bertz CT molecular complexity index is 203. The van der Waals surface area contributed by atoms with Gasteiger partial charge in [0, 0.05) is 38.8 Å². The van der Waals surface area contributed by atoms with Crippen LogP contribution in [0.15, 0.2) is 0 Å². The molecule has 96 valence electrons. The van der Waals surface area contributed by atoms with Crippen molar-refractivity contribution in [2.24, 2.45) is 5.73 Å². The molecule has 1 saturated heterocycles. The lowest BCUT2D eigenvalue weighted by atomic mass is 10.1. The average molecular weight is 229 g/mol. The normalized spacial score (nSPS) is 24.9. The second-order valence-electron chi connectivity index (χ2n) is 5.65. The first kappa shape index (κ1) is 13.9. The quantitative estimate of drug-likeness (QED) is 0.756. The molecule has 1 aliphatic rings. The van der Waals surface area contributed by atoms with E-state index in [2.05, 4.69) is 37.6 Å². The summed E-state index contributed by atoms with van der Waals surface area (Å²) in [5, 5.41) is 0. The molecular formula is C12H27N3O. The highest BCUT2D eigenvalue weighted by atomic mass is 16.5. The van der Waals surface area contributed by atoms with Crippen molar-refractivity contribution in [2.45, 2.75) is 32.4 Å². The highest BCUT2D eigenvalue weighted by molar-refractivity contribution is 4.81. The van der Waals surface area contributed by atoms with Gasteiger partial charge in [-0.25, -0.2) is 0 Å². The van der Waals surface area contributed by atoms with Crippen molar-refractivity contribution >= 4 is 0 Å². The van der Waals surface area contributed by atoms with E-state index in [1.54, 1.807) is 0 Å². The molecule has 0 aromatic heterocycles. The summed E-state index contributed by atoms with van der Waals surface area (Å²) in [5.41, 5.74) is 5.77. The van der Waals surface area contributed by atoms with Gasteiger partial charge in [0.05, 0.1) is 12.2 Å². The standard InChI is InChI=1S/C12H27N3O/c1-12(2,3)16-8-7-15-6-5-14(4)10-11(15)9-13/h11H,5-10,13H2,1-4H3. The first-order valence-electron chi connectivity index (χ1n) is 6.19. The molecule has 0 aliphatic carbocycles. The van der Waals surface area contributed by atoms with Crippen LogP contribution in [0.4, 0.5) is 0 Å². The Morgan fingerprint density at radius 1 is 1.31 bits per heavy atom. The van der Waals surface area contributed by atoms with Gasteiger partial charge in [-0.3, -0.25) is 4.90 Å². The van der Waals surface area contributed by atoms with Crippen molar-refractivity contribution in [3.05, 3.63) is 0 Å². The van der Waals surface area contributed by atoms with E-state index >= 15 is 0 Å². The Morgan fingerprint density at radius 2 is 2.00 bits per heavy atom. The highest BCUT2D eigenvalue weighted by Crippen LogP contribution is 2.10. The molecule has 4 heteroatoms. The number of ether oxygens (including phenoxy) is 1. The summed E-state index contributed by atoms with van der Waals surface area (Å²) < 4.78 is 5.76. The Hall–Kier alpha value is -0.160. The summed E-state index contributed by atoms with van der Waals surface area (Å²) >= 11 is 0. The second-order valence-corrected chi connectivity index (χ2v) is 5.65. The summed E-state index contributed by atoms with van der Waals surface area (Å²) in [6, 6.07) is 0.488. The monoisotopic (exact) mass is 229 g/mol. The van der Waals surface area contributed by atoms with Crippen molar-refractivity contribution in [2.75, 3.05) is 46.4 Å². The molecule has 0 aromatic rings. The molecule has 1 unspecified atom stereocenters. The molecule has 4 nitrogen and oxygen atoms in total. The number of nitrogens with two attached hydrogens (primary N) is 1. The first-order valence-corrected chi connectivity index (χ1v) is 6.19. The predicted octanol–water partition coefficient (Wildman–Crippen LogP) is 0.376. The van der Waals surface area contributed by atoms with E-state index < -0.39 is 0 Å². The van der Waals surface area contributed by atoms with Gasteiger partial charge in [-0.1, -0.05) is 0 Å². The fourth-order valence-electron chi connectivity index (χ4n) is 2.04.